The average Bonchev–Trinajstić information content (AvgIpc) is 3.17. The molecule has 0 fully saturated rings. The molecule has 3 aromatic rings. The molecule has 1 aliphatic carbocycles. The van der Waals surface area contributed by atoms with Gasteiger partial charge in [0.15, 0.2) is 0 Å². The van der Waals surface area contributed by atoms with Gasteiger partial charge in [0.1, 0.15) is 0 Å². The Morgan fingerprint density at radius 3 is 2.30 bits per heavy atom. The molecule has 1 aliphatic rings. The van der Waals surface area contributed by atoms with Gasteiger partial charge in [-0.25, -0.2) is 0 Å². The third kappa shape index (κ3) is 4.06. The fourth-order valence-corrected chi connectivity index (χ4v) is 4.06. The standard InChI is InChI=1S/C27H28/c1-2-3-4-6-10-21-15-17-23(18-16-21)26-14-9-13-24-19-25(20-27(24)26)22-11-7-5-8-12-22/h5,7-9,11-18,20H,2-4,6,10,19H2,1H3. The van der Waals surface area contributed by atoms with Gasteiger partial charge in [0.25, 0.3) is 0 Å². The number of rotatable bonds is 7. The van der Waals surface area contributed by atoms with Crippen molar-refractivity contribution in [3.8, 4) is 11.1 Å². The summed E-state index contributed by atoms with van der Waals surface area (Å²) in [6.07, 6.45) is 9.92. The van der Waals surface area contributed by atoms with E-state index in [9.17, 15) is 0 Å². The van der Waals surface area contributed by atoms with Crippen LogP contribution in [0.2, 0.25) is 0 Å². The van der Waals surface area contributed by atoms with E-state index in [0.29, 0.717) is 0 Å². The van der Waals surface area contributed by atoms with E-state index >= 15 is 0 Å². The van der Waals surface area contributed by atoms with E-state index in [1.165, 1.54) is 71.1 Å². The minimum Gasteiger partial charge on any atom is -0.0654 e. The molecule has 0 heterocycles. The van der Waals surface area contributed by atoms with Crippen molar-refractivity contribution in [2.24, 2.45) is 0 Å². The van der Waals surface area contributed by atoms with Crippen molar-refractivity contribution in [2.75, 3.05) is 0 Å². The summed E-state index contributed by atoms with van der Waals surface area (Å²) in [7, 11) is 0. The van der Waals surface area contributed by atoms with E-state index in [1.807, 2.05) is 0 Å². The first-order valence-corrected chi connectivity index (χ1v) is 10.3. The maximum absolute atomic E-state index is 2.39. The number of aryl methyl sites for hydroxylation is 1. The van der Waals surface area contributed by atoms with Gasteiger partial charge in [0, 0.05) is 0 Å². The highest BCUT2D eigenvalue weighted by atomic mass is 14.2. The molecule has 0 bridgehead atoms. The van der Waals surface area contributed by atoms with Crippen LogP contribution in [0, 0.1) is 0 Å². The lowest BCUT2D eigenvalue weighted by Crippen LogP contribution is -1.89. The predicted molar refractivity (Wildman–Crippen MR) is 118 cm³/mol. The molecule has 0 N–H and O–H groups in total. The van der Waals surface area contributed by atoms with Crippen LogP contribution in [0.3, 0.4) is 0 Å². The second-order valence-electron chi connectivity index (χ2n) is 7.60. The second kappa shape index (κ2) is 8.39. The monoisotopic (exact) mass is 352 g/mol. The number of hydrogen-bond donors (Lipinski definition) is 0. The number of allylic oxidation sites excluding steroid dienone is 1. The van der Waals surface area contributed by atoms with Gasteiger partial charge in [-0.3, -0.25) is 0 Å². The van der Waals surface area contributed by atoms with Gasteiger partial charge in [-0.2, -0.15) is 0 Å². The molecule has 0 unspecified atom stereocenters. The molecule has 136 valence electrons. The van der Waals surface area contributed by atoms with Crippen molar-refractivity contribution in [2.45, 2.75) is 45.4 Å². The molecule has 0 amide bonds. The Kier molecular flexibility index (Phi) is 5.53. The van der Waals surface area contributed by atoms with Crippen molar-refractivity contribution in [1.82, 2.24) is 0 Å². The molecular formula is C27H28. The molecule has 0 saturated heterocycles. The Labute approximate surface area is 163 Å². The molecule has 0 nitrogen and oxygen atoms in total. The van der Waals surface area contributed by atoms with Crippen molar-refractivity contribution in [3.05, 3.63) is 95.1 Å². The highest BCUT2D eigenvalue weighted by Gasteiger charge is 2.17. The van der Waals surface area contributed by atoms with E-state index < -0.39 is 0 Å². The quantitative estimate of drug-likeness (QED) is 0.385. The predicted octanol–water partition coefficient (Wildman–Crippen LogP) is 7.57. The Balaban J connectivity index is 1.56. The van der Waals surface area contributed by atoms with Crippen LogP contribution in [-0.2, 0) is 12.8 Å². The molecule has 0 aliphatic heterocycles. The summed E-state index contributed by atoms with van der Waals surface area (Å²) in [6, 6.07) is 26.7. The summed E-state index contributed by atoms with van der Waals surface area (Å²) in [5, 5.41) is 0. The van der Waals surface area contributed by atoms with Crippen LogP contribution in [-0.4, -0.2) is 0 Å². The van der Waals surface area contributed by atoms with Crippen LogP contribution < -0.4 is 0 Å². The third-order valence-corrected chi connectivity index (χ3v) is 5.62. The summed E-state index contributed by atoms with van der Waals surface area (Å²) >= 11 is 0. The van der Waals surface area contributed by atoms with Gasteiger partial charge in [-0.15, -0.1) is 0 Å². The van der Waals surface area contributed by atoms with Crippen LogP contribution in [0.4, 0.5) is 0 Å². The van der Waals surface area contributed by atoms with Gasteiger partial charge < -0.3 is 0 Å². The first-order chi connectivity index (χ1) is 13.3. The molecule has 0 saturated carbocycles. The van der Waals surface area contributed by atoms with Gasteiger partial charge in [-0.05, 0) is 64.3 Å². The van der Waals surface area contributed by atoms with Gasteiger partial charge in [0.05, 0.1) is 0 Å². The number of benzene rings is 3. The SMILES string of the molecule is CCCCCCc1ccc(-c2cccc3c2C=C(c2ccccc2)C3)cc1. The first kappa shape index (κ1) is 17.8. The number of unbranched alkanes of at least 4 members (excludes halogenated alkanes) is 3. The lowest BCUT2D eigenvalue weighted by molar-refractivity contribution is 0.667. The zero-order valence-corrected chi connectivity index (χ0v) is 16.2. The van der Waals surface area contributed by atoms with E-state index in [2.05, 4.69) is 85.8 Å². The molecule has 0 spiro atoms. The maximum Gasteiger partial charge on any atom is -0.00135 e. The summed E-state index contributed by atoms with van der Waals surface area (Å²) in [5.74, 6) is 0. The van der Waals surface area contributed by atoms with Crippen LogP contribution in [0.15, 0.2) is 72.8 Å². The normalized spacial score (nSPS) is 12.7. The lowest BCUT2D eigenvalue weighted by atomic mass is 9.95. The summed E-state index contributed by atoms with van der Waals surface area (Å²) < 4.78 is 0. The number of hydrogen-bond acceptors (Lipinski definition) is 0. The second-order valence-corrected chi connectivity index (χ2v) is 7.60. The zero-order valence-electron chi connectivity index (χ0n) is 16.2. The Hall–Kier alpha value is -2.60. The van der Waals surface area contributed by atoms with Crippen molar-refractivity contribution in [1.29, 1.82) is 0 Å². The van der Waals surface area contributed by atoms with Crippen LogP contribution in [0.1, 0.15) is 54.9 Å². The molecule has 0 atom stereocenters. The van der Waals surface area contributed by atoms with Crippen LogP contribution in [0.5, 0.6) is 0 Å². The smallest absolute Gasteiger partial charge is 0.00135 e. The molecule has 27 heavy (non-hydrogen) atoms. The van der Waals surface area contributed by atoms with Crippen LogP contribution in [0.25, 0.3) is 22.8 Å². The Bertz CT molecular complexity index is 914. The van der Waals surface area contributed by atoms with E-state index in [0.717, 1.165) is 6.42 Å². The minimum absolute atomic E-state index is 1.03. The topological polar surface area (TPSA) is 0 Å². The van der Waals surface area contributed by atoms with Crippen LogP contribution >= 0.6 is 0 Å². The highest BCUT2D eigenvalue weighted by Crippen LogP contribution is 2.37. The summed E-state index contributed by atoms with van der Waals surface area (Å²) in [6.45, 7) is 2.27. The molecular weight excluding hydrogens is 324 g/mol. The van der Waals surface area contributed by atoms with Crippen molar-refractivity contribution >= 4 is 11.6 Å². The summed E-state index contributed by atoms with van der Waals surface area (Å²) in [5.41, 5.74) is 9.74. The Morgan fingerprint density at radius 2 is 1.52 bits per heavy atom. The minimum atomic E-state index is 1.03. The molecule has 0 radical (unpaired) electrons. The Morgan fingerprint density at radius 1 is 0.704 bits per heavy atom. The maximum atomic E-state index is 2.39. The third-order valence-electron chi connectivity index (χ3n) is 5.62. The van der Waals surface area contributed by atoms with E-state index in [1.54, 1.807) is 0 Å². The van der Waals surface area contributed by atoms with E-state index in [-0.39, 0.29) is 0 Å². The fourth-order valence-electron chi connectivity index (χ4n) is 4.06. The fraction of sp³-hybridized carbons (Fsp3) is 0.259. The van der Waals surface area contributed by atoms with Gasteiger partial charge >= 0.3 is 0 Å². The molecule has 3 aromatic carbocycles. The van der Waals surface area contributed by atoms with Crippen molar-refractivity contribution < 1.29 is 0 Å². The highest BCUT2D eigenvalue weighted by molar-refractivity contribution is 5.93. The molecule has 0 aromatic heterocycles. The molecule has 0 heteroatoms. The lowest BCUT2D eigenvalue weighted by Gasteiger charge is -2.09. The first-order valence-electron chi connectivity index (χ1n) is 10.3. The zero-order chi connectivity index (χ0) is 18.5. The largest absolute Gasteiger partial charge is 0.0654 e. The molecule has 4 rings (SSSR count). The average molecular weight is 353 g/mol. The van der Waals surface area contributed by atoms with Gasteiger partial charge in [0.2, 0.25) is 0 Å². The number of fused-ring (bicyclic) bond motifs is 1. The van der Waals surface area contributed by atoms with E-state index in [4.69, 9.17) is 0 Å². The van der Waals surface area contributed by atoms with Gasteiger partial charge in [-0.1, -0.05) is 99.0 Å². The van der Waals surface area contributed by atoms with Crippen molar-refractivity contribution in [3.63, 3.8) is 0 Å². The summed E-state index contributed by atoms with van der Waals surface area (Å²) in [4.78, 5) is 0.